The standard InChI is InChI=1S/C21H25F2N5O/c22-17-9-4-8-16(18(17)23)19-20(25-15-6-2-1-3-7-15)26-21(29)28(19)12-5-11-27-13-10-24-14-27/h4,8-10,13-15,19H,1-3,5-7,11-12H2,(H,25,26,29). The van der Waals surface area contributed by atoms with Gasteiger partial charge in [-0.25, -0.2) is 18.6 Å². The number of halogens is 2. The van der Waals surface area contributed by atoms with Gasteiger partial charge in [-0.15, -0.1) is 0 Å². The summed E-state index contributed by atoms with van der Waals surface area (Å²) >= 11 is 0. The Labute approximate surface area is 168 Å². The van der Waals surface area contributed by atoms with Crippen molar-refractivity contribution in [1.29, 1.82) is 0 Å². The molecule has 154 valence electrons. The van der Waals surface area contributed by atoms with Crippen molar-refractivity contribution in [3.63, 3.8) is 0 Å². The Morgan fingerprint density at radius 3 is 2.76 bits per heavy atom. The summed E-state index contributed by atoms with van der Waals surface area (Å²) in [6.45, 7) is 1.07. The molecule has 29 heavy (non-hydrogen) atoms. The fraction of sp³-hybridized carbons (Fsp3) is 0.476. The summed E-state index contributed by atoms with van der Waals surface area (Å²) < 4.78 is 30.5. The molecule has 2 aliphatic rings. The molecule has 2 heterocycles. The SMILES string of the molecule is O=C1N/C(=N/C2CCCCC2)C(c2cccc(F)c2F)N1CCCn1ccnc1. The van der Waals surface area contributed by atoms with E-state index in [1.54, 1.807) is 17.4 Å². The molecule has 1 aromatic heterocycles. The molecule has 6 nitrogen and oxygen atoms in total. The van der Waals surface area contributed by atoms with Gasteiger partial charge in [0.2, 0.25) is 0 Å². The summed E-state index contributed by atoms with van der Waals surface area (Å²) in [4.78, 5) is 23.0. The van der Waals surface area contributed by atoms with Gasteiger partial charge in [0.15, 0.2) is 11.6 Å². The van der Waals surface area contributed by atoms with E-state index in [1.165, 1.54) is 18.6 Å². The highest BCUT2D eigenvalue weighted by Crippen LogP contribution is 2.31. The third kappa shape index (κ3) is 4.31. The van der Waals surface area contributed by atoms with Crippen LogP contribution in [0.1, 0.15) is 50.1 Å². The smallest absolute Gasteiger partial charge is 0.323 e. The van der Waals surface area contributed by atoms with E-state index >= 15 is 0 Å². The van der Waals surface area contributed by atoms with Crippen molar-refractivity contribution in [1.82, 2.24) is 19.8 Å². The second-order valence-electron chi connectivity index (χ2n) is 7.63. The molecule has 2 fully saturated rings. The van der Waals surface area contributed by atoms with Gasteiger partial charge in [-0.3, -0.25) is 10.3 Å². The molecule has 1 saturated carbocycles. The molecule has 1 aliphatic heterocycles. The number of aryl methyl sites for hydroxylation is 1. The minimum absolute atomic E-state index is 0.115. The molecule has 1 aliphatic carbocycles. The van der Waals surface area contributed by atoms with Gasteiger partial charge in [-0.05, 0) is 25.3 Å². The minimum Gasteiger partial charge on any atom is -0.337 e. The Kier molecular flexibility index (Phi) is 5.87. The van der Waals surface area contributed by atoms with Crippen LogP contribution in [0.25, 0.3) is 0 Å². The minimum atomic E-state index is -0.926. The molecule has 1 saturated heterocycles. The normalized spacial score (nSPS) is 21.7. The number of amidine groups is 1. The molecular formula is C21H25F2N5O. The number of aromatic nitrogens is 2. The van der Waals surface area contributed by atoms with Crippen molar-refractivity contribution < 1.29 is 13.6 Å². The zero-order chi connectivity index (χ0) is 20.2. The van der Waals surface area contributed by atoms with Crippen LogP contribution in [0.2, 0.25) is 0 Å². The first-order valence-electron chi connectivity index (χ1n) is 10.2. The number of aliphatic imine (C=N–C) groups is 1. The number of benzene rings is 1. The van der Waals surface area contributed by atoms with E-state index in [-0.39, 0.29) is 17.6 Å². The largest absolute Gasteiger partial charge is 0.337 e. The summed E-state index contributed by atoms with van der Waals surface area (Å²) in [6.07, 6.45) is 11.2. The lowest BCUT2D eigenvalue weighted by atomic mass is 9.95. The van der Waals surface area contributed by atoms with E-state index in [0.29, 0.717) is 25.3 Å². The highest BCUT2D eigenvalue weighted by Gasteiger charge is 2.39. The van der Waals surface area contributed by atoms with E-state index in [0.717, 1.165) is 31.7 Å². The molecular weight excluding hydrogens is 376 g/mol. The van der Waals surface area contributed by atoms with Crippen LogP contribution < -0.4 is 5.32 Å². The maximum absolute atomic E-state index is 14.6. The first-order chi connectivity index (χ1) is 14.1. The number of hydrogen-bond acceptors (Lipinski definition) is 3. The van der Waals surface area contributed by atoms with E-state index in [4.69, 9.17) is 4.99 Å². The molecule has 1 N–H and O–H groups in total. The maximum Gasteiger partial charge on any atom is 0.323 e. The van der Waals surface area contributed by atoms with Crippen molar-refractivity contribution in [3.05, 3.63) is 54.1 Å². The maximum atomic E-state index is 14.6. The van der Waals surface area contributed by atoms with Crippen molar-refractivity contribution in [2.45, 2.75) is 57.2 Å². The van der Waals surface area contributed by atoms with Gasteiger partial charge in [0, 0.05) is 31.0 Å². The Morgan fingerprint density at radius 2 is 2.00 bits per heavy atom. The zero-order valence-corrected chi connectivity index (χ0v) is 16.2. The van der Waals surface area contributed by atoms with E-state index in [1.807, 2.05) is 10.8 Å². The molecule has 1 atom stereocenters. The molecule has 1 unspecified atom stereocenters. The summed E-state index contributed by atoms with van der Waals surface area (Å²) in [5.41, 5.74) is 0.139. The highest BCUT2D eigenvalue weighted by molar-refractivity contribution is 6.07. The van der Waals surface area contributed by atoms with Crippen LogP contribution in [-0.4, -0.2) is 38.9 Å². The number of rotatable bonds is 6. The summed E-state index contributed by atoms with van der Waals surface area (Å²) in [6, 6.07) is 3.15. The predicted molar refractivity (Wildman–Crippen MR) is 105 cm³/mol. The van der Waals surface area contributed by atoms with Crippen LogP contribution in [-0.2, 0) is 6.54 Å². The van der Waals surface area contributed by atoms with E-state index < -0.39 is 17.7 Å². The highest BCUT2D eigenvalue weighted by atomic mass is 19.2. The summed E-state index contributed by atoms with van der Waals surface area (Å²) in [5, 5.41) is 2.82. The first-order valence-corrected chi connectivity index (χ1v) is 10.2. The predicted octanol–water partition coefficient (Wildman–Crippen LogP) is 4.05. The summed E-state index contributed by atoms with van der Waals surface area (Å²) in [7, 11) is 0. The molecule has 2 amide bonds. The average Bonchev–Trinajstić information content (AvgIpc) is 3.34. The average molecular weight is 401 g/mol. The Balaban J connectivity index is 1.60. The number of carbonyl (C=O) groups is 1. The lowest BCUT2D eigenvalue weighted by molar-refractivity contribution is 0.203. The second kappa shape index (κ2) is 8.71. The second-order valence-corrected chi connectivity index (χ2v) is 7.63. The van der Waals surface area contributed by atoms with Crippen LogP contribution >= 0.6 is 0 Å². The van der Waals surface area contributed by atoms with Crippen LogP contribution in [0.5, 0.6) is 0 Å². The number of urea groups is 1. The Hall–Kier alpha value is -2.77. The molecule has 8 heteroatoms. The number of hydrogen-bond donors (Lipinski definition) is 1. The van der Waals surface area contributed by atoms with Crippen LogP contribution in [0.4, 0.5) is 13.6 Å². The number of nitrogens with zero attached hydrogens (tertiary/aromatic N) is 4. The number of nitrogens with one attached hydrogen (secondary N) is 1. The molecule has 4 rings (SSSR count). The molecule has 0 radical (unpaired) electrons. The van der Waals surface area contributed by atoms with Gasteiger partial charge >= 0.3 is 6.03 Å². The fourth-order valence-corrected chi connectivity index (χ4v) is 4.14. The van der Waals surface area contributed by atoms with Gasteiger partial charge in [-0.1, -0.05) is 31.4 Å². The molecule has 2 aromatic rings. The van der Waals surface area contributed by atoms with Crippen LogP contribution in [0.3, 0.4) is 0 Å². The fourth-order valence-electron chi connectivity index (χ4n) is 4.14. The topological polar surface area (TPSA) is 62.5 Å². The molecule has 0 bridgehead atoms. The lowest BCUT2D eigenvalue weighted by Gasteiger charge is -2.25. The van der Waals surface area contributed by atoms with Crippen molar-refractivity contribution >= 4 is 11.9 Å². The number of amides is 2. The molecule has 0 spiro atoms. The molecule has 1 aromatic carbocycles. The van der Waals surface area contributed by atoms with E-state index in [2.05, 4.69) is 10.3 Å². The van der Waals surface area contributed by atoms with Gasteiger partial charge in [-0.2, -0.15) is 0 Å². The van der Waals surface area contributed by atoms with Crippen molar-refractivity contribution in [2.24, 2.45) is 4.99 Å². The van der Waals surface area contributed by atoms with Crippen molar-refractivity contribution in [3.8, 4) is 0 Å². The third-order valence-electron chi connectivity index (χ3n) is 5.61. The summed E-state index contributed by atoms with van der Waals surface area (Å²) in [5.74, 6) is -1.42. The van der Waals surface area contributed by atoms with Crippen molar-refractivity contribution in [2.75, 3.05) is 6.54 Å². The van der Waals surface area contributed by atoms with Crippen LogP contribution in [0.15, 0.2) is 41.9 Å². The van der Waals surface area contributed by atoms with Gasteiger partial charge in [0.1, 0.15) is 11.9 Å². The lowest BCUT2D eigenvalue weighted by Crippen LogP contribution is -2.31. The first kappa shape index (κ1) is 19.5. The zero-order valence-electron chi connectivity index (χ0n) is 16.2. The quantitative estimate of drug-likeness (QED) is 0.794. The Morgan fingerprint density at radius 1 is 1.17 bits per heavy atom. The van der Waals surface area contributed by atoms with Crippen LogP contribution in [0, 0.1) is 11.6 Å². The van der Waals surface area contributed by atoms with Gasteiger partial charge in [0.25, 0.3) is 0 Å². The number of imidazole rings is 1. The Bertz CT molecular complexity index is 877. The third-order valence-corrected chi connectivity index (χ3v) is 5.61. The number of carbonyl (C=O) groups excluding carboxylic acids is 1. The van der Waals surface area contributed by atoms with Gasteiger partial charge < -0.3 is 9.47 Å². The van der Waals surface area contributed by atoms with E-state index in [9.17, 15) is 13.6 Å². The van der Waals surface area contributed by atoms with Gasteiger partial charge in [0.05, 0.1) is 12.4 Å². The monoisotopic (exact) mass is 401 g/mol.